The first-order chi connectivity index (χ1) is 6.65. The highest BCUT2D eigenvalue weighted by molar-refractivity contribution is 14.1. The van der Waals surface area contributed by atoms with Crippen LogP contribution < -0.4 is 0 Å². The topological polar surface area (TPSA) is 17.1 Å². The van der Waals surface area contributed by atoms with Crippen LogP contribution in [0.5, 0.6) is 0 Å². The molecule has 74 valence electrons. The van der Waals surface area contributed by atoms with Gasteiger partial charge in [0.05, 0.1) is 5.75 Å². The number of ketones is 1. The Kier molecular flexibility index (Phi) is 3.09. The number of carbonyl (C=O) groups is 1. The monoisotopic (exact) mass is 338 g/mol. The van der Waals surface area contributed by atoms with Gasteiger partial charge in [-0.15, -0.1) is 11.8 Å². The van der Waals surface area contributed by atoms with Crippen molar-refractivity contribution in [3.8, 4) is 0 Å². The number of alkyl halides is 1. The molecule has 0 amide bonds. The first kappa shape index (κ1) is 10.8. The van der Waals surface area contributed by atoms with Gasteiger partial charge in [0, 0.05) is 19.9 Å². The Morgan fingerprint density at radius 3 is 3.00 bits per heavy atom. The smallest absolute Gasteiger partial charge is 0.174 e. The van der Waals surface area contributed by atoms with E-state index in [4.69, 9.17) is 11.6 Å². The van der Waals surface area contributed by atoms with E-state index in [0.717, 1.165) is 20.4 Å². The van der Waals surface area contributed by atoms with Crippen molar-refractivity contribution in [2.24, 2.45) is 0 Å². The highest BCUT2D eigenvalue weighted by Gasteiger charge is 2.26. The molecule has 0 aliphatic carbocycles. The van der Waals surface area contributed by atoms with Gasteiger partial charge in [0.25, 0.3) is 0 Å². The zero-order chi connectivity index (χ0) is 10.3. The Hall–Kier alpha value is 0.260. The molecule has 0 spiro atoms. The maximum atomic E-state index is 11.6. The molecule has 0 bridgehead atoms. The Labute approximate surface area is 106 Å². The quantitative estimate of drug-likeness (QED) is 0.571. The molecule has 0 N–H and O–H groups in total. The lowest BCUT2D eigenvalue weighted by Crippen LogP contribution is -2.00. The van der Waals surface area contributed by atoms with Gasteiger partial charge in [0.15, 0.2) is 5.78 Å². The van der Waals surface area contributed by atoms with Crippen molar-refractivity contribution in [2.75, 3.05) is 5.75 Å². The number of hydrogen-bond acceptors (Lipinski definition) is 2. The number of thioether (sulfide) groups is 1. The number of rotatable bonds is 1. The normalized spacial score (nSPS) is 14.6. The van der Waals surface area contributed by atoms with Crippen LogP contribution in [0.1, 0.15) is 21.5 Å². The number of fused-ring (bicyclic) bond motifs is 1. The van der Waals surface area contributed by atoms with Crippen LogP contribution in [0.4, 0.5) is 0 Å². The van der Waals surface area contributed by atoms with Crippen molar-refractivity contribution in [3.05, 3.63) is 27.8 Å². The van der Waals surface area contributed by atoms with Crippen LogP contribution in [0, 0.1) is 6.92 Å². The second kappa shape index (κ2) is 4.02. The molecule has 0 fully saturated rings. The van der Waals surface area contributed by atoms with Gasteiger partial charge in [-0.05, 0) is 24.1 Å². The van der Waals surface area contributed by atoms with Crippen LogP contribution in [0.2, 0.25) is 5.02 Å². The molecule has 2 rings (SSSR count). The molecule has 1 heterocycles. The molecular formula is C10H8ClIOS. The zero-order valence-electron chi connectivity index (χ0n) is 7.56. The molecule has 0 aromatic heterocycles. The van der Waals surface area contributed by atoms with E-state index >= 15 is 0 Å². The first-order valence-electron chi connectivity index (χ1n) is 4.19. The SMILES string of the molecule is Cc1c(Cl)cc(CI)c2c1C(=O)CS2. The van der Waals surface area contributed by atoms with Gasteiger partial charge in [-0.3, -0.25) is 4.79 Å². The summed E-state index contributed by atoms with van der Waals surface area (Å²) in [5.41, 5.74) is 2.98. The molecule has 1 aliphatic heterocycles. The van der Waals surface area contributed by atoms with Crippen molar-refractivity contribution in [3.63, 3.8) is 0 Å². The van der Waals surface area contributed by atoms with Crippen LogP contribution in [0.25, 0.3) is 0 Å². The lowest BCUT2D eigenvalue weighted by molar-refractivity contribution is 0.102. The molecule has 14 heavy (non-hydrogen) atoms. The Bertz CT molecular complexity index is 417. The fourth-order valence-corrected chi connectivity index (χ4v) is 3.82. The molecule has 1 aromatic carbocycles. The summed E-state index contributed by atoms with van der Waals surface area (Å²) in [5.74, 6) is 0.788. The van der Waals surface area contributed by atoms with Crippen LogP contribution in [0.15, 0.2) is 11.0 Å². The fourth-order valence-electron chi connectivity index (χ4n) is 1.59. The zero-order valence-corrected chi connectivity index (χ0v) is 11.3. The summed E-state index contributed by atoms with van der Waals surface area (Å²) in [6.07, 6.45) is 0. The molecule has 1 aromatic rings. The second-order valence-corrected chi connectivity index (χ2v) is 5.35. The van der Waals surface area contributed by atoms with E-state index in [9.17, 15) is 4.79 Å². The molecule has 0 unspecified atom stereocenters. The average Bonchev–Trinajstić information content (AvgIpc) is 2.54. The summed E-state index contributed by atoms with van der Waals surface area (Å²) < 4.78 is 0.903. The predicted octanol–water partition coefficient (Wildman–Crippen LogP) is 3.87. The predicted molar refractivity (Wildman–Crippen MR) is 69.0 cm³/mol. The third-order valence-electron chi connectivity index (χ3n) is 2.32. The summed E-state index contributed by atoms with van der Waals surface area (Å²) >= 11 is 10.0. The summed E-state index contributed by atoms with van der Waals surface area (Å²) in [4.78, 5) is 12.8. The Balaban J connectivity index is 2.72. The first-order valence-corrected chi connectivity index (χ1v) is 7.08. The summed E-state index contributed by atoms with van der Waals surface area (Å²) in [7, 11) is 0. The number of benzene rings is 1. The van der Waals surface area contributed by atoms with E-state index < -0.39 is 0 Å². The van der Waals surface area contributed by atoms with Crippen molar-refractivity contribution in [1.82, 2.24) is 0 Å². The minimum atomic E-state index is 0.219. The third-order valence-corrected chi connectivity index (χ3v) is 4.70. The van der Waals surface area contributed by atoms with Gasteiger partial charge in [0.2, 0.25) is 0 Å². The highest BCUT2D eigenvalue weighted by atomic mass is 127. The van der Waals surface area contributed by atoms with E-state index in [1.165, 1.54) is 5.56 Å². The molecule has 0 saturated carbocycles. The molecule has 0 atom stereocenters. The van der Waals surface area contributed by atoms with Gasteiger partial charge < -0.3 is 0 Å². The largest absolute Gasteiger partial charge is 0.293 e. The van der Waals surface area contributed by atoms with Gasteiger partial charge in [-0.1, -0.05) is 34.2 Å². The third kappa shape index (κ3) is 1.59. The molecular weight excluding hydrogens is 331 g/mol. The molecule has 1 nitrogen and oxygen atoms in total. The fraction of sp³-hybridized carbons (Fsp3) is 0.300. The molecule has 1 aliphatic rings. The van der Waals surface area contributed by atoms with Crippen LogP contribution in [-0.2, 0) is 4.43 Å². The van der Waals surface area contributed by atoms with Crippen LogP contribution in [-0.4, -0.2) is 11.5 Å². The maximum Gasteiger partial charge on any atom is 0.174 e. The lowest BCUT2D eigenvalue weighted by atomic mass is 10.0. The number of Topliss-reactive ketones (excluding diaryl/α,β-unsaturated/α-hetero) is 1. The summed E-state index contributed by atoms with van der Waals surface area (Å²) in [5, 5.41) is 0.714. The minimum absolute atomic E-state index is 0.219. The number of hydrogen-bond donors (Lipinski definition) is 0. The van der Waals surface area contributed by atoms with E-state index in [-0.39, 0.29) is 5.78 Å². The molecule has 4 heteroatoms. The number of carbonyl (C=O) groups excluding carboxylic acids is 1. The van der Waals surface area contributed by atoms with Gasteiger partial charge in [0.1, 0.15) is 0 Å². The van der Waals surface area contributed by atoms with Crippen LogP contribution >= 0.6 is 46.0 Å². The van der Waals surface area contributed by atoms with Gasteiger partial charge >= 0.3 is 0 Å². The van der Waals surface area contributed by atoms with E-state index in [2.05, 4.69) is 22.6 Å². The van der Waals surface area contributed by atoms with E-state index in [1.54, 1.807) is 11.8 Å². The molecule has 0 radical (unpaired) electrons. The summed E-state index contributed by atoms with van der Waals surface area (Å²) in [6, 6.07) is 1.98. The van der Waals surface area contributed by atoms with Gasteiger partial charge in [-0.2, -0.15) is 0 Å². The van der Waals surface area contributed by atoms with Crippen molar-refractivity contribution in [1.29, 1.82) is 0 Å². The maximum absolute atomic E-state index is 11.6. The Morgan fingerprint density at radius 1 is 1.64 bits per heavy atom. The molecule has 0 saturated heterocycles. The standard InChI is InChI=1S/C10H8ClIOS/c1-5-7(11)2-6(3-12)10-9(5)8(13)4-14-10/h2H,3-4H2,1H3. The van der Waals surface area contributed by atoms with Crippen molar-refractivity contribution in [2.45, 2.75) is 16.2 Å². The second-order valence-electron chi connectivity index (χ2n) is 3.19. The van der Waals surface area contributed by atoms with Crippen molar-refractivity contribution < 1.29 is 4.79 Å². The van der Waals surface area contributed by atoms with Gasteiger partial charge in [-0.25, -0.2) is 0 Å². The Morgan fingerprint density at radius 2 is 2.36 bits per heavy atom. The average molecular weight is 339 g/mol. The highest BCUT2D eigenvalue weighted by Crippen LogP contribution is 2.40. The van der Waals surface area contributed by atoms with E-state index in [1.807, 2.05) is 13.0 Å². The van der Waals surface area contributed by atoms with Crippen LogP contribution in [0.3, 0.4) is 0 Å². The number of halogens is 2. The minimum Gasteiger partial charge on any atom is -0.293 e. The summed E-state index contributed by atoms with van der Waals surface area (Å²) in [6.45, 7) is 1.92. The van der Waals surface area contributed by atoms with Crippen molar-refractivity contribution >= 4 is 51.7 Å². The lowest BCUT2D eigenvalue weighted by Gasteiger charge is -2.08. The van der Waals surface area contributed by atoms with E-state index in [0.29, 0.717) is 10.8 Å².